The number of fused-ring (bicyclic) bond motifs is 6. The number of aromatic nitrogens is 2. The summed E-state index contributed by atoms with van der Waals surface area (Å²) in [5, 5.41) is 0. The van der Waals surface area contributed by atoms with E-state index in [4.69, 9.17) is 0 Å². The van der Waals surface area contributed by atoms with Gasteiger partial charge >= 0.3 is 0 Å². The van der Waals surface area contributed by atoms with Crippen molar-refractivity contribution < 1.29 is 9.59 Å². The summed E-state index contributed by atoms with van der Waals surface area (Å²) in [6.45, 7) is 5.40. The lowest BCUT2D eigenvalue weighted by atomic mass is 9.47. The molecule has 6 heteroatoms. The van der Waals surface area contributed by atoms with Crippen LogP contribution in [-0.4, -0.2) is 51.7 Å². The molecule has 2 heterocycles. The standard InChI is InChI=1S/C30H40N4O2/c1-29-15-13-22-20(10-12-25-30(22,2)16-14-27(35)34(25)4)21(29)11-9-19(29)17-28(36)33(3)18-26-31-23-7-5-6-8-24(23)32-26/h5-8,14,16,19-22,25H,9-13,15,17-18H2,1-4H3,(H,31,32)/t19?,20-,21-,22-,25+,29+,30+/m0/s1. The van der Waals surface area contributed by atoms with Crippen molar-refractivity contribution in [3.63, 3.8) is 0 Å². The van der Waals surface area contributed by atoms with Crippen molar-refractivity contribution in [1.29, 1.82) is 0 Å². The molecule has 1 aliphatic heterocycles. The first-order valence-electron chi connectivity index (χ1n) is 13.8. The highest BCUT2D eigenvalue weighted by molar-refractivity contribution is 5.89. The fraction of sp³-hybridized carbons (Fsp3) is 0.633. The molecule has 2 amide bonds. The van der Waals surface area contributed by atoms with Gasteiger partial charge in [0, 0.05) is 32.0 Å². The van der Waals surface area contributed by atoms with Crippen molar-refractivity contribution in [2.45, 2.75) is 71.4 Å². The third-order valence-electron chi connectivity index (χ3n) is 11.0. The van der Waals surface area contributed by atoms with Crippen LogP contribution in [0, 0.1) is 34.5 Å². The Bertz CT molecular complexity index is 1190. The van der Waals surface area contributed by atoms with E-state index in [1.54, 1.807) is 0 Å². The summed E-state index contributed by atoms with van der Waals surface area (Å²) in [6.07, 6.45) is 11.8. The molecule has 192 valence electrons. The number of imidazole rings is 1. The summed E-state index contributed by atoms with van der Waals surface area (Å²) in [6, 6.07) is 8.34. The average molecular weight is 489 g/mol. The molecule has 6 rings (SSSR count). The van der Waals surface area contributed by atoms with Crippen molar-refractivity contribution in [3.8, 4) is 0 Å². The van der Waals surface area contributed by atoms with E-state index in [1.165, 1.54) is 25.7 Å². The summed E-state index contributed by atoms with van der Waals surface area (Å²) in [5.74, 6) is 3.70. The Labute approximate surface area is 214 Å². The summed E-state index contributed by atoms with van der Waals surface area (Å²) in [5.41, 5.74) is 2.28. The Kier molecular flexibility index (Phi) is 5.58. The molecule has 1 unspecified atom stereocenters. The van der Waals surface area contributed by atoms with Gasteiger partial charge in [-0.05, 0) is 85.8 Å². The third kappa shape index (κ3) is 3.54. The maximum atomic E-state index is 13.4. The van der Waals surface area contributed by atoms with Crippen LogP contribution >= 0.6 is 0 Å². The molecule has 1 N–H and O–H groups in total. The van der Waals surface area contributed by atoms with Crippen LogP contribution in [0.1, 0.15) is 64.6 Å². The van der Waals surface area contributed by atoms with Gasteiger partial charge in [0.15, 0.2) is 0 Å². The van der Waals surface area contributed by atoms with Crippen LogP contribution in [-0.2, 0) is 16.1 Å². The van der Waals surface area contributed by atoms with Crippen molar-refractivity contribution in [2.24, 2.45) is 34.5 Å². The zero-order valence-electron chi connectivity index (χ0n) is 22.2. The Morgan fingerprint density at radius 1 is 1.14 bits per heavy atom. The lowest BCUT2D eigenvalue weighted by Crippen LogP contribution is -2.59. The third-order valence-corrected chi connectivity index (χ3v) is 11.0. The maximum absolute atomic E-state index is 13.4. The molecule has 3 aliphatic carbocycles. The van der Waals surface area contributed by atoms with E-state index >= 15 is 0 Å². The number of carbonyl (C=O) groups is 2. The van der Waals surface area contributed by atoms with Crippen LogP contribution in [0.3, 0.4) is 0 Å². The van der Waals surface area contributed by atoms with Crippen molar-refractivity contribution in [1.82, 2.24) is 19.8 Å². The van der Waals surface area contributed by atoms with Gasteiger partial charge < -0.3 is 14.8 Å². The number of likely N-dealkylation sites (N-methyl/N-ethyl adjacent to an activating group) is 1. The number of nitrogens with zero attached hydrogens (tertiary/aromatic N) is 3. The smallest absolute Gasteiger partial charge is 0.246 e. The predicted molar refractivity (Wildman–Crippen MR) is 141 cm³/mol. The topological polar surface area (TPSA) is 69.3 Å². The molecule has 0 radical (unpaired) electrons. The van der Waals surface area contributed by atoms with E-state index in [0.29, 0.717) is 42.7 Å². The fourth-order valence-electron chi connectivity index (χ4n) is 8.94. The van der Waals surface area contributed by atoms with Crippen LogP contribution in [0.15, 0.2) is 36.4 Å². The molecule has 0 bridgehead atoms. The SMILES string of the molecule is CN(Cc1nc2ccccc2[nH]1)C(=O)CC1CC[C@H]2[C@@H]3CC[C@H]4N(C)C(=O)C=C[C@]4(C)[C@H]3CC[C@]12C. The summed E-state index contributed by atoms with van der Waals surface area (Å²) in [7, 11) is 3.90. The zero-order chi connectivity index (χ0) is 25.2. The number of H-pyrrole nitrogens is 1. The van der Waals surface area contributed by atoms with Crippen LogP contribution < -0.4 is 0 Å². The van der Waals surface area contributed by atoms with Gasteiger partial charge in [0.1, 0.15) is 5.82 Å². The minimum atomic E-state index is 0.0770. The first-order valence-corrected chi connectivity index (χ1v) is 13.8. The van der Waals surface area contributed by atoms with Crippen LogP contribution in [0.4, 0.5) is 0 Å². The molecule has 6 nitrogen and oxygen atoms in total. The van der Waals surface area contributed by atoms with Gasteiger partial charge in [-0.2, -0.15) is 0 Å². The van der Waals surface area contributed by atoms with E-state index in [0.717, 1.165) is 29.7 Å². The van der Waals surface area contributed by atoms with Gasteiger partial charge in [0.25, 0.3) is 0 Å². The second-order valence-corrected chi connectivity index (χ2v) is 12.6. The molecule has 1 aromatic heterocycles. The van der Waals surface area contributed by atoms with Crippen molar-refractivity contribution >= 4 is 22.8 Å². The highest BCUT2D eigenvalue weighted by Crippen LogP contribution is 2.66. The summed E-state index contributed by atoms with van der Waals surface area (Å²) >= 11 is 0. The number of hydrogen-bond acceptors (Lipinski definition) is 3. The summed E-state index contributed by atoms with van der Waals surface area (Å²) < 4.78 is 0. The first kappa shape index (κ1) is 23.7. The molecule has 2 aromatic rings. The minimum Gasteiger partial charge on any atom is -0.340 e. The minimum absolute atomic E-state index is 0.0770. The van der Waals surface area contributed by atoms with Gasteiger partial charge in [0.2, 0.25) is 11.8 Å². The van der Waals surface area contributed by atoms with Crippen LogP contribution in [0.25, 0.3) is 11.0 Å². The molecule has 1 aromatic carbocycles. The van der Waals surface area contributed by atoms with Crippen LogP contribution in [0.2, 0.25) is 0 Å². The van der Waals surface area contributed by atoms with Gasteiger partial charge in [0.05, 0.1) is 17.6 Å². The highest BCUT2D eigenvalue weighted by atomic mass is 16.2. The van der Waals surface area contributed by atoms with E-state index in [2.05, 4.69) is 29.9 Å². The first-order chi connectivity index (χ1) is 17.2. The summed E-state index contributed by atoms with van der Waals surface area (Å²) in [4.78, 5) is 37.6. The Morgan fingerprint density at radius 3 is 2.75 bits per heavy atom. The Morgan fingerprint density at radius 2 is 1.94 bits per heavy atom. The molecular formula is C30H40N4O2. The molecule has 0 spiro atoms. The van der Waals surface area contributed by atoms with Gasteiger partial charge in [-0.15, -0.1) is 0 Å². The second kappa shape index (κ2) is 8.46. The highest BCUT2D eigenvalue weighted by Gasteiger charge is 2.60. The maximum Gasteiger partial charge on any atom is 0.246 e. The lowest BCUT2D eigenvalue weighted by molar-refractivity contribution is -0.139. The zero-order valence-corrected chi connectivity index (χ0v) is 22.2. The van der Waals surface area contributed by atoms with Gasteiger partial charge in [-0.3, -0.25) is 9.59 Å². The number of benzene rings is 1. The number of nitrogens with one attached hydrogen (secondary N) is 1. The molecule has 36 heavy (non-hydrogen) atoms. The Hall–Kier alpha value is -2.63. The van der Waals surface area contributed by atoms with Crippen molar-refractivity contribution in [2.75, 3.05) is 14.1 Å². The van der Waals surface area contributed by atoms with Gasteiger partial charge in [-0.25, -0.2) is 4.98 Å². The predicted octanol–water partition coefficient (Wildman–Crippen LogP) is 5.17. The lowest BCUT2D eigenvalue weighted by Gasteiger charge is -2.60. The molecular weight excluding hydrogens is 448 g/mol. The van der Waals surface area contributed by atoms with Gasteiger partial charge in [-0.1, -0.05) is 32.1 Å². The second-order valence-electron chi connectivity index (χ2n) is 12.6. The number of rotatable bonds is 4. The Balaban J connectivity index is 1.15. The van der Waals surface area contributed by atoms with E-state index in [9.17, 15) is 9.59 Å². The number of carbonyl (C=O) groups excluding carboxylic acids is 2. The van der Waals surface area contributed by atoms with Crippen molar-refractivity contribution in [3.05, 3.63) is 42.2 Å². The largest absolute Gasteiger partial charge is 0.340 e. The van der Waals surface area contributed by atoms with E-state index in [-0.39, 0.29) is 22.6 Å². The monoisotopic (exact) mass is 488 g/mol. The normalized spacial score (nSPS) is 37.5. The van der Waals surface area contributed by atoms with E-state index < -0.39 is 0 Å². The van der Waals surface area contributed by atoms with E-state index in [1.807, 2.05) is 54.2 Å². The quantitative estimate of drug-likeness (QED) is 0.646. The molecule has 4 aliphatic rings. The average Bonchev–Trinajstić information content (AvgIpc) is 3.41. The molecule has 0 saturated heterocycles. The number of aromatic amines is 1. The van der Waals surface area contributed by atoms with Crippen LogP contribution in [0.5, 0.6) is 0 Å². The molecule has 7 atom stereocenters. The molecule has 3 saturated carbocycles. The number of hydrogen-bond donors (Lipinski definition) is 1. The fourth-order valence-corrected chi connectivity index (χ4v) is 8.94. The molecule has 3 fully saturated rings. The number of para-hydroxylation sites is 2. The number of amides is 2.